The molecule has 0 heterocycles. The molecule has 1 rings (SSSR count). The monoisotopic (exact) mass is 298 g/mol. The van der Waals surface area contributed by atoms with Gasteiger partial charge in [0.15, 0.2) is 0 Å². The third kappa shape index (κ3) is 6.89. The van der Waals surface area contributed by atoms with Crippen molar-refractivity contribution in [1.29, 1.82) is 0 Å². The van der Waals surface area contributed by atoms with Gasteiger partial charge in [0.2, 0.25) is 5.91 Å². The highest BCUT2D eigenvalue weighted by molar-refractivity contribution is 6.30. The second-order valence-electron chi connectivity index (χ2n) is 4.76. The lowest BCUT2D eigenvalue weighted by Crippen LogP contribution is -2.34. The van der Waals surface area contributed by atoms with Crippen molar-refractivity contribution in [1.82, 2.24) is 4.90 Å². The van der Waals surface area contributed by atoms with Gasteiger partial charge in [0.05, 0.1) is 6.54 Å². The minimum atomic E-state index is -0.0234. The van der Waals surface area contributed by atoms with Crippen molar-refractivity contribution in [2.45, 2.75) is 26.2 Å². The number of carbonyl (C=O) groups is 1. The molecule has 0 saturated carbocycles. The van der Waals surface area contributed by atoms with Gasteiger partial charge in [-0.05, 0) is 56.6 Å². The Bertz CT molecular complexity index is 395. The number of amides is 1. The highest BCUT2D eigenvalue weighted by atomic mass is 35.5. The first kappa shape index (κ1) is 17.0. The lowest BCUT2D eigenvalue weighted by Gasteiger charge is -2.20. The van der Waals surface area contributed by atoms with Crippen LogP contribution in [-0.2, 0) is 4.79 Å². The minimum Gasteiger partial charge on any atom is -0.396 e. The van der Waals surface area contributed by atoms with E-state index in [2.05, 4.69) is 17.1 Å². The van der Waals surface area contributed by atoms with Crippen LogP contribution in [0.5, 0.6) is 0 Å². The lowest BCUT2D eigenvalue weighted by atomic mass is 10.2. The number of aliphatic hydroxyl groups is 1. The Morgan fingerprint density at radius 2 is 1.95 bits per heavy atom. The SMILES string of the molecule is CCCN(CCCCO)CC(=O)Nc1ccc(Cl)cc1. The summed E-state index contributed by atoms with van der Waals surface area (Å²) < 4.78 is 0. The van der Waals surface area contributed by atoms with Gasteiger partial charge in [-0.1, -0.05) is 18.5 Å². The van der Waals surface area contributed by atoms with E-state index in [9.17, 15) is 4.79 Å². The molecule has 0 bridgehead atoms. The number of benzene rings is 1. The predicted molar refractivity (Wildman–Crippen MR) is 83.1 cm³/mol. The van der Waals surface area contributed by atoms with Crippen molar-refractivity contribution in [3.05, 3.63) is 29.3 Å². The molecule has 1 aromatic rings. The molecule has 0 atom stereocenters. The molecule has 0 aliphatic rings. The second-order valence-corrected chi connectivity index (χ2v) is 5.20. The maximum absolute atomic E-state index is 12.0. The normalized spacial score (nSPS) is 10.8. The summed E-state index contributed by atoms with van der Waals surface area (Å²) in [6.45, 7) is 4.40. The van der Waals surface area contributed by atoms with Gasteiger partial charge in [0.1, 0.15) is 0 Å². The van der Waals surface area contributed by atoms with E-state index >= 15 is 0 Å². The Balaban J connectivity index is 2.42. The Kier molecular flexibility index (Phi) is 8.26. The Morgan fingerprint density at radius 3 is 2.55 bits per heavy atom. The molecule has 1 amide bonds. The second kappa shape index (κ2) is 9.75. The standard InChI is InChI=1S/C15H23ClN2O2/c1-2-9-18(10-3-4-11-19)12-15(20)17-14-7-5-13(16)6-8-14/h5-8,19H,2-4,9-12H2,1H3,(H,17,20). The lowest BCUT2D eigenvalue weighted by molar-refractivity contribution is -0.117. The van der Waals surface area contributed by atoms with Crippen LogP contribution in [-0.4, -0.2) is 42.2 Å². The fraction of sp³-hybridized carbons (Fsp3) is 0.533. The average Bonchev–Trinajstić information content (AvgIpc) is 2.42. The Morgan fingerprint density at radius 1 is 1.25 bits per heavy atom. The molecule has 112 valence electrons. The van der Waals surface area contributed by atoms with Crippen LogP contribution in [0, 0.1) is 0 Å². The topological polar surface area (TPSA) is 52.6 Å². The van der Waals surface area contributed by atoms with Crippen molar-refractivity contribution < 1.29 is 9.90 Å². The summed E-state index contributed by atoms with van der Waals surface area (Å²) in [5.74, 6) is -0.0234. The van der Waals surface area contributed by atoms with Gasteiger partial charge in [-0.25, -0.2) is 0 Å². The molecule has 0 spiro atoms. The van der Waals surface area contributed by atoms with Gasteiger partial charge >= 0.3 is 0 Å². The molecular formula is C15H23ClN2O2. The molecule has 1 aromatic carbocycles. The molecular weight excluding hydrogens is 276 g/mol. The predicted octanol–water partition coefficient (Wildman–Crippen LogP) is 2.76. The summed E-state index contributed by atoms with van der Waals surface area (Å²) in [6.07, 6.45) is 2.69. The van der Waals surface area contributed by atoms with E-state index in [0.717, 1.165) is 38.0 Å². The molecule has 0 aliphatic heterocycles. The average molecular weight is 299 g/mol. The van der Waals surface area contributed by atoms with E-state index in [-0.39, 0.29) is 12.5 Å². The fourth-order valence-corrected chi connectivity index (χ4v) is 2.10. The number of unbranched alkanes of at least 4 members (excludes halogenated alkanes) is 1. The van der Waals surface area contributed by atoms with Crippen LogP contribution in [0.15, 0.2) is 24.3 Å². The van der Waals surface area contributed by atoms with E-state index < -0.39 is 0 Å². The zero-order valence-corrected chi connectivity index (χ0v) is 12.7. The maximum atomic E-state index is 12.0. The van der Waals surface area contributed by atoms with Gasteiger partial charge in [-0.15, -0.1) is 0 Å². The van der Waals surface area contributed by atoms with Crippen LogP contribution >= 0.6 is 11.6 Å². The molecule has 0 unspecified atom stereocenters. The van der Waals surface area contributed by atoms with Crippen LogP contribution in [0.2, 0.25) is 5.02 Å². The number of aliphatic hydroxyl groups excluding tert-OH is 1. The number of hydrogen-bond acceptors (Lipinski definition) is 3. The van der Waals surface area contributed by atoms with Crippen molar-refractivity contribution in [3.8, 4) is 0 Å². The summed E-state index contributed by atoms with van der Waals surface area (Å²) in [5.41, 5.74) is 0.756. The fourth-order valence-electron chi connectivity index (χ4n) is 1.97. The number of nitrogens with zero attached hydrogens (tertiary/aromatic N) is 1. The van der Waals surface area contributed by atoms with E-state index in [1.54, 1.807) is 24.3 Å². The summed E-state index contributed by atoms with van der Waals surface area (Å²) in [4.78, 5) is 14.1. The summed E-state index contributed by atoms with van der Waals surface area (Å²) >= 11 is 5.80. The number of hydrogen-bond donors (Lipinski definition) is 2. The zero-order valence-electron chi connectivity index (χ0n) is 11.9. The van der Waals surface area contributed by atoms with Crippen LogP contribution in [0.1, 0.15) is 26.2 Å². The van der Waals surface area contributed by atoms with Crippen LogP contribution in [0.25, 0.3) is 0 Å². The van der Waals surface area contributed by atoms with Crippen molar-refractivity contribution in [2.24, 2.45) is 0 Å². The molecule has 0 radical (unpaired) electrons. The van der Waals surface area contributed by atoms with Crippen molar-refractivity contribution in [3.63, 3.8) is 0 Å². The van der Waals surface area contributed by atoms with Crippen LogP contribution in [0.3, 0.4) is 0 Å². The molecule has 0 saturated heterocycles. The number of rotatable bonds is 9. The minimum absolute atomic E-state index is 0.0234. The van der Waals surface area contributed by atoms with Gasteiger partial charge in [-0.3, -0.25) is 9.69 Å². The largest absolute Gasteiger partial charge is 0.396 e. The molecule has 4 nitrogen and oxygen atoms in total. The first-order chi connectivity index (χ1) is 9.65. The van der Waals surface area contributed by atoms with E-state index in [1.807, 2.05) is 0 Å². The van der Waals surface area contributed by atoms with E-state index in [1.165, 1.54) is 0 Å². The number of nitrogens with one attached hydrogen (secondary N) is 1. The van der Waals surface area contributed by atoms with E-state index in [0.29, 0.717) is 11.6 Å². The first-order valence-corrected chi connectivity index (χ1v) is 7.42. The van der Waals surface area contributed by atoms with Gasteiger partial charge in [0.25, 0.3) is 0 Å². The highest BCUT2D eigenvalue weighted by Crippen LogP contribution is 2.13. The van der Waals surface area contributed by atoms with Gasteiger partial charge < -0.3 is 10.4 Å². The molecule has 0 fully saturated rings. The number of carbonyl (C=O) groups excluding carboxylic acids is 1. The molecule has 20 heavy (non-hydrogen) atoms. The first-order valence-electron chi connectivity index (χ1n) is 7.04. The van der Waals surface area contributed by atoms with Gasteiger partial charge in [0, 0.05) is 17.3 Å². The molecule has 0 aromatic heterocycles. The molecule has 0 aliphatic carbocycles. The van der Waals surface area contributed by atoms with E-state index in [4.69, 9.17) is 16.7 Å². The van der Waals surface area contributed by atoms with Crippen LogP contribution in [0.4, 0.5) is 5.69 Å². The summed E-state index contributed by atoms with van der Waals surface area (Å²) in [7, 11) is 0. The Labute approximate surface area is 125 Å². The van der Waals surface area contributed by atoms with Crippen molar-refractivity contribution >= 4 is 23.2 Å². The molecule has 5 heteroatoms. The summed E-state index contributed by atoms with van der Waals surface area (Å²) in [5, 5.41) is 12.3. The third-order valence-corrected chi connectivity index (χ3v) is 3.17. The Hall–Kier alpha value is -1.10. The zero-order chi connectivity index (χ0) is 14.8. The van der Waals surface area contributed by atoms with Crippen molar-refractivity contribution in [2.75, 3.05) is 31.6 Å². The maximum Gasteiger partial charge on any atom is 0.238 e. The highest BCUT2D eigenvalue weighted by Gasteiger charge is 2.09. The van der Waals surface area contributed by atoms with Crippen LogP contribution < -0.4 is 5.32 Å². The van der Waals surface area contributed by atoms with Gasteiger partial charge in [-0.2, -0.15) is 0 Å². The third-order valence-electron chi connectivity index (χ3n) is 2.92. The smallest absolute Gasteiger partial charge is 0.238 e. The number of anilines is 1. The quantitative estimate of drug-likeness (QED) is 0.689. The number of halogens is 1. The summed E-state index contributed by atoms with van der Waals surface area (Å²) in [6, 6.07) is 7.08. The molecule has 2 N–H and O–H groups in total.